The number of nitrogens with zero attached hydrogens (tertiary/aromatic N) is 2. The summed E-state index contributed by atoms with van der Waals surface area (Å²) in [5.74, 6) is -2.02. The molecule has 32 heavy (non-hydrogen) atoms. The van der Waals surface area contributed by atoms with Gasteiger partial charge in [-0.15, -0.1) is 0 Å². The summed E-state index contributed by atoms with van der Waals surface area (Å²) in [5.41, 5.74) is -0.556. The van der Waals surface area contributed by atoms with Gasteiger partial charge < -0.3 is 19.8 Å². The third-order valence-electron chi connectivity index (χ3n) is 4.96. The van der Waals surface area contributed by atoms with E-state index in [2.05, 4.69) is 10.6 Å². The predicted octanol–water partition coefficient (Wildman–Crippen LogP) is 1.66. The minimum atomic E-state index is -1.01. The summed E-state index contributed by atoms with van der Waals surface area (Å²) in [6.45, 7) is 1.19. The van der Waals surface area contributed by atoms with Gasteiger partial charge in [-0.1, -0.05) is 0 Å². The summed E-state index contributed by atoms with van der Waals surface area (Å²) >= 11 is 0. The second-order valence-electron chi connectivity index (χ2n) is 6.84. The molecule has 2 N–H and O–H groups in total. The van der Waals surface area contributed by atoms with E-state index in [0.29, 0.717) is 0 Å². The Morgan fingerprint density at radius 2 is 1.97 bits per heavy atom. The molecule has 0 saturated heterocycles. The predicted molar refractivity (Wildman–Crippen MR) is 105 cm³/mol. The van der Waals surface area contributed by atoms with Crippen LogP contribution in [0.4, 0.5) is 10.5 Å². The van der Waals surface area contributed by atoms with Crippen LogP contribution in [0.3, 0.4) is 0 Å². The van der Waals surface area contributed by atoms with E-state index in [4.69, 9.17) is 9.15 Å². The number of imide groups is 1. The Kier molecular flexibility index (Phi) is 5.18. The number of esters is 1. The zero-order valence-electron chi connectivity index (χ0n) is 16.6. The highest BCUT2D eigenvalue weighted by Gasteiger charge is 2.41. The number of benzene rings is 1. The molecule has 1 aromatic heterocycles. The van der Waals surface area contributed by atoms with Gasteiger partial charge in [-0.05, 0) is 25.1 Å². The van der Waals surface area contributed by atoms with E-state index in [-0.39, 0.29) is 40.5 Å². The number of urea groups is 1. The fourth-order valence-corrected chi connectivity index (χ4v) is 3.56. The molecule has 4 rings (SSSR count). The molecule has 12 heteroatoms. The Balaban J connectivity index is 1.74. The molecular formula is C20H16N4O8. The summed E-state index contributed by atoms with van der Waals surface area (Å²) in [6, 6.07) is 4.77. The van der Waals surface area contributed by atoms with Gasteiger partial charge in [0.05, 0.1) is 46.7 Å². The lowest BCUT2D eigenvalue weighted by Crippen LogP contribution is -2.49. The van der Waals surface area contributed by atoms with Crippen molar-refractivity contribution in [1.29, 1.82) is 0 Å². The molecule has 2 aromatic rings. The molecule has 4 amide bonds. The van der Waals surface area contributed by atoms with Crippen molar-refractivity contribution in [3.63, 3.8) is 0 Å². The number of carbonyl (C=O) groups is 4. The van der Waals surface area contributed by atoms with Crippen LogP contribution in [0.1, 0.15) is 39.4 Å². The van der Waals surface area contributed by atoms with Gasteiger partial charge in [0.15, 0.2) is 0 Å². The van der Waals surface area contributed by atoms with Crippen LogP contribution in [0.25, 0.3) is 0 Å². The third kappa shape index (κ3) is 3.47. The largest absolute Gasteiger partial charge is 0.467 e. The Hall–Kier alpha value is -4.48. The number of carbonyl (C=O) groups excluding carboxylic acids is 4. The minimum absolute atomic E-state index is 0.0123. The van der Waals surface area contributed by atoms with Gasteiger partial charge >= 0.3 is 12.0 Å². The molecule has 1 aromatic carbocycles. The van der Waals surface area contributed by atoms with Gasteiger partial charge in [0.2, 0.25) is 0 Å². The smallest absolute Gasteiger partial charge is 0.338 e. The molecule has 3 heterocycles. The highest BCUT2D eigenvalue weighted by Crippen LogP contribution is 2.31. The number of furan rings is 1. The van der Waals surface area contributed by atoms with E-state index in [1.54, 1.807) is 19.1 Å². The number of nitrogens with one attached hydrogen (secondary N) is 2. The molecule has 12 nitrogen and oxygen atoms in total. The van der Waals surface area contributed by atoms with Crippen molar-refractivity contribution >= 4 is 29.5 Å². The van der Waals surface area contributed by atoms with Crippen molar-refractivity contribution < 1.29 is 33.3 Å². The lowest BCUT2D eigenvalue weighted by atomic mass is 10.00. The van der Waals surface area contributed by atoms with Crippen molar-refractivity contribution in [1.82, 2.24) is 15.5 Å². The van der Waals surface area contributed by atoms with Crippen LogP contribution in [0, 0.1) is 10.1 Å². The summed E-state index contributed by atoms with van der Waals surface area (Å²) in [5, 5.41) is 16.0. The molecule has 2 aliphatic heterocycles. The average Bonchev–Trinajstić information content (AvgIpc) is 3.37. The molecule has 1 atom stereocenters. The van der Waals surface area contributed by atoms with Crippen molar-refractivity contribution in [2.24, 2.45) is 0 Å². The highest BCUT2D eigenvalue weighted by atomic mass is 16.6. The van der Waals surface area contributed by atoms with Crippen LogP contribution in [-0.2, 0) is 9.53 Å². The second kappa shape index (κ2) is 7.98. The number of amides is 4. The molecule has 0 saturated carbocycles. The van der Waals surface area contributed by atoms with Gasteiger partial charge in [0.1, 0.15) is 11.8 Å². The molecular weight excluding hydrogens is 424 g/mol. The average molecular weight is 440 g/mol. The Bertz CT molecular complexity index is 1180. The molecule has 2 aliphatic rings. The summed E-state index contributed by atoms with van der Waals surface area (Å²) in [7, 11) is 0. The number of hydrogen-bond donors (Lipinski definition) is 2. The molecule has 0 fully saturated rings. The molecule has 164 valence electrons. The van der Waals surface area contributed by atoms with Crippen LogP contribution in [0.5, 0.6) is 0 Å². The number of nitro groups is 1. The first-order chi connectivity index (χ1) is 15.3. The van der Waals surface area contributed by atoms with Crippen LogP contribution in [0.2, 0.25) is 0 Å². The number of fused-ring (bicyclic) bond motifs is 1. The fourth-order valence-electron chi connectivity index (χ4n) is 3.56. The van der Waals surface area contributed by atoms with E-state index in [1.165, 1.54) is 12.3 Å². The summed E-state index contributed by atoms with van der Waals surface area (Å²) < 4.78 is 10.4. The van der Waals surface area contributed by atoms with Crippen LogP contribution >= 0.6 is 0 Å². The summed E-state index contributed by atoms with van der Waals surface area (Å²) in [4.78, 5) is 61.8. The maximum absolute atomic E-state index is 12.8. The monoisotopic (exact) mass is 440 g/mol. The van der Waals surface area contributed by atoms with Gasteiger partial charge in [0.25, 0.3) is 17.5 Å². The molecule has 0 bridgehead atoms. The van der Waals surface area contributed by atoms with Crippen molar-refractivity contribution in [2.75, 3.05) is 13.2 Å². The van der Waals surface area contributed by atoms with E-state index in [9.17, 15) is 29.3 Å². The topological polar surface area (TPSA) is 161 Å². The first kappa shape index (κ1) is 20.8. The number of ether oxygens (including phenoxy) is 1. The van der Waals surface area contributed by atoms with Crippen molar-refractivity contribution in [3.05, 3.63) is 74.9 Å². The summed E-state index contributed by atoms with van der Waals surface area (Å²) in [6.07, 6.45) is 1.36. The lowest BCUT2D eigenvalue weighted by molar-refractivity contribution is -0.384. The Morgan fingerprint density at radius 3 is 2.62 bits per heavy atom. The molecule has 0 aliphatic carbocycles. The van der Waals surface area contributed by atoms with E-state index in [0.717, 1.165) is 17.0 Å². The van der Waals surface area contributed by atoms with Gasteiger partial charge in [-0.2, -0.15) is 0 Å². The van der Waals surface area contributed by atoms with Gasteiger partial charge in [0, 0.05) is 12.1 Å². The number of non-ortho nitro benzene ring substituents is 1. The number of nitro benzene ring substituents is 1. The van der Waals surface area contributed by atoms with E-state index in [1.807, 2.05) is 0 Å². The first-order valence-electron chi connectivity index (χ1n) is 9.47. The lowest BCUT2D eigenvalue weighted by Gasteiger charge is -2.29. The Labute approximate surface area is 180 Å². The maximum Gasteiger partial charge on any atom is 0.338 e. The first-order valence-corrected chi connectivity index (χ1v) is 9.47. The normalized spacial score (nSPS) is 17.7. The quantitative estimate of drug-likeness (QED) is 0.297. The van der Waals surface area contributed by atoms with Gasteiger partial charge in [-0.25, -0.2) is 9.59 Å². The molecule has 0 radical (unpaired) electrons. The van der Waals surface area contributed by atoms with Crippen LogP contribution in [0.15, 0.2) is 52.3 Å². The van der Waals surface area contributed by atoms with Crippen LogP contribution < -0.4 is 10.6 Å². The number of rotatable bonds is 6. The zero-order valence-corrected chi connectivity index (χ0v) is 16.6. The highest BCUT2D eigenvalue weighted by molar-refractivity contribution is 6.21. The third-order valence-corrected chi connectivity index (χ3v) is 4.96. The SMILES string of the molecule is CCOC(=O)C1=C(CN2C(=O)c3ccc([N+](=O)[O-])cc3C2=O)NC(=O)NC1c1ccco1. The van der Waals surface area contributed by atoms with Crippen molar-refractivity contribution in [2.45, 2.75) is 13.0 Å². The van der Waals surface area contributed by atoms with E-state index >= 15 is 0 Å². The number of hydrogen-bond acceptors (Lipinski definition) is 8. The Morgan fingerprint density at radius 1 is 1.22 bits per heavy atom. The standard InChI is InChI=1S/C20H16N4O8/c1-2-31-19(27)15-13(21-20(28)22-16(15)14-4-3-7-32-14)9-23-17(25)11-6-5-10(24(29)30)8-12(11)18(23)26/h3-8,16H,2,9H2,1H3,(H2,21,22,28). The maximum atomic E-state index is 12.8. The van der Waals surface area contributed by atoms with Crippen LogP contribution in [-0.4, -0.2) is 46.8 Å². The fraction of sp³-hybridized carbons (Fsp3) is 0.200. The molecule has 1 unspecified atom stereocenters. The second-order valence-corrected chi connectivity index (χ2v) is 6.84. The molecule has 0 spiro atoms. The zero-order chi connectivity index (χ0) is 23.0. The van der Waals surface area contributed by atoms with E-state index < -0.39 is 41.3 Å². The minimum Gasteiger partial charge on any atom is -0.467 e. The van der Waals surface area contributed by atoms with Gasteiger partial charge in [-0.3, -0.25) is 24.6 Å². The van der Waals surface area contributed by atoms with Crippen molar-refractivity contribution in [3.8, 4) is 0 Å².